The summed E-state index contributed by atoms with van der Waals surface area (Å²) in [5.41, 5.74) is 1.96. The van der Waals surface area contributed by atoms with Crippen molar-refractivity contribution in [3.63, 3.8) is 0 Å². The van der Waals surface area contributed by atoms with Crippen molar-refractivity contribution in [2.75, 3.05) is 13.1 Å². The molecule has 1 aliphatic carbocycles. The van der Waals surface area contributed by atoms with Crippen LogP contribution in [-0.4, -0.2) is 27.6 Å². The Morgan fingerprint density at radius 2 is 2.00 bits per heavy atom. The van der Waals surface area contributed by atoms with Gasteiger partial charge in [-0.3, -0.25) is 0 Å². The number of piperidine rings is 1. The average molecular weight is 277 g/mol. The number of fused-ring (bicyclic) bond motifs is 1. The van der Waals surface area contributed by atoms with Gasteiger partial charge in [-0.2, -0.15) is 0 Å². The molecule has 1 saturated heterocycles. The molecule has 4 rings (SSSR count). The van der Waals surface area contributed by atoms with E-state index in [1.54, 1.807) is 6.20 Å². The first-order valence-electron chi connectivity index (χ1n) is 7.07. The summed E-state index contributed by atoms with van der Waals surface area (Å²) >= 11 is 6.04. The zero-order valence-corrected chi connectivity index (χ0v) is 11.5. The van der Waals surface area contributed by atoms with Crippen LogP contribution in [0.4, 0.5) is 0 Å². The normalized spacial score (nSPS) is 21.1. The fourth-order valence-corrected chi connectivity index (χ4v) is 3.18. The van der Waals surface area contributed by atoms with Crippen molar-refractivity contribution < 1.29 is 0 Å². The van der Waals surface area contributed by atoms with Gasteiger partial charge in [0.15, 0.2) is 5.65 Å². The van der Waals surface area contributed by atoms with E-state index < -0.39 is 0 Å². The van der Waals surface area contributed by atoms with E-state index in [1.807, 2.05) is 6.07 Å². The van der Waals surface area contributed by atoms with Gasteiger partial charge in [0.1, 0.15) is 11.3 Å². The van der Waals surface area contributed by atoms with Crippen molar-refractivity contribution in [3.8, 4) is 0 Å². The molecule has 3 heterocycles. The van der Waals surface area contributed by atoms with E-state index >= 15 is 0 Å². The molecule has 1 N–H and O–H groups in total. The molecule has 1 aliphatic heterocycles. The van der Waals surface area contributed by atoms with Gasteiger partial charge >= 0.3 is 0 Å². The maximum atomic E-state index is 6.04. The number of imidazole rings is 1. The fraction of sp³-hybridized carbons (Fsp3) is 0.571. The van der Waals surface area contributed by atoms with Crippen molar-refractivity contribution >= 4 is 22.8 Å². The Bertz CT molecular complexity index is 611. The van der Waals surface area contributed by atoms with Crippen molar-refractivity contribution in [1.82, 2.24) is 19.9 Å². The predicted molar refractivity (Wildman–Crippen MR) is 75.7 cm³/mol. The Balaban J connectivity index is 1.87. The molecule has 2 aliphatic rings. The van der Waals surface area contributed by atoms with Gasteiger partial charge in [-0.25, -0.2) is 9.97 Å². The predicted octanol–water partition coefficient (Wildman–Crippen LogP) is 2.89. The molecule has 0 atom stereocenters. The molecule has 0 unspecified atom stereocenters. The molecular weight excluding hydrogens is 260 g/mol. The standard InChI is InChI=1S/C14H17ClN4/c15-10-7-12-14(17-8-10)19(11-3-5-16-6-4-11)13(18-12)9-1-2-9/h7-9,11,16H,1-6H2. The second-order valence-corrected chi connectivity index (χ2v) is 6.03. The van der Waals surface area contributed by atoms with Crippen LogP contribution >= 0.6 is 11.6 Å². The number of hydrogen-bond donors (Lipinski definition) is 1. The molecule has 100 valence electrons. The van der Waals surface area contributed by atoms with E-state index in [1.165, 1.54) is 18.7 Å². The lowest BCUT2D eigenvalue weighted by atomic mass is 10.1. The molecule has 0 bridgehead atoms. The first kappa shape index (κ1) is 11.7. The maximum Gasteiger partial charge on any atom is 0.160 e. The topological polar surface area (TPSA) is 42.7 Å². The van der Waals surface area contributed by atoms with Crippen LogP contribution in [0, 0.1) is 0 Å². The highest BCUT2D eigenvalue weighted by atomic mass is 35.5. The lowest BCUT2D eigenvalue weighted by molar-refractivity contribution is 0.366. The third-order valence-corrected chi connectivity index (χ3v) is 4.35. The van der Waals surface area contributed by atoms with E-state index in [0.717, 1.165) is 37.1 Å². The first-order chi connectivity index (χ1) is 9.33. The van der Waals surface area contributed by atoms with Crippen molar-refractivity contribution in [2.45, 2.75) is 37.6 Å². The number of pyridine rings is 1. The first-order valence-corrected chi connectivity index (χ1v) is 7.45. The highest BCUT2D eigenvalue weighted by molar-refractivity contribution is 6.31. The molecule has 0 amide bonds. The molecule has 0 spiro atoms. The molecule has 2 aromatic heterocycles. The third-order valence-electron chi connectivity index (χ3n) is 4.14. The highest BCUT2D eigenvalue weighted by Crippen LogP contribution is 2.42. The lowest BCUT2D eigenvalue weighted by Crippen LogP contribution is -2.30. The number of aromatic nitrogens is 3. The van der Waals surface area contributed by atoms with Gasteiger partial charge in [0.2, 0.25) is 0 Å². The van der Waals surface area contributed by atoms with Crippen LogP contribution in [0.15, 0.2) is 12.3 Å². The summed E-state index contributed by atoms with van der Waals surface area (Å²) < 4.78 is 2.39. The number of rotatable bonds is 2. The van der Waals surface area contributed by atoms with Crippen LogP contribution in [-0.2, 0) is 0 Å². The van der Waals surface area contributed by atoms with Gasteiger partial charge in [0.25, 0.3) is 0 Å². The Morgan fingerprint density at radius 3 is 2.74 bits per heavy atom. The minimum atomic E-state index is 0.538. The minimum Gasteiger partial charge on any atom is -0.317 e. The molecular formula is C14H17ClN4. The molecule has 0 radical (unpaired) electrons. The summed E-state index contributed by atoms with van der Waals surface area (Å²) in [4.78, 5) is 9.34. The Hall–Kier alpha value is -1.13. The summed E-state index contributed by atoms with van der Waals surface area (Å²) in [6.45, 7) is 2.17. The molecule has 19 heavy (non-hydrogen) atoms. The Labute approximate surface area is 117 Å². The van der Waals surface area contributed by atoms with E-state index in [2.05, 4.69) is 14.9 Å². The number of nitrogens with one attached hydrogen (secondary N) is 1. The van der Waals surface area contributed by atoms with Crippen LogP contribution in [0.5, 0.6) is 0 Å². The lowest BCUT2D eigenvalue weighted by Gasteiger charge is -2.25. The number of halogens is 1. The van der Waals surface area contributed by atoms with E-state index in [9.17, 15) is 0 Å². The second-order valence-electron chi connectivity index (χ2n) is 5.59. The summed E-state index contributed by atoms with van der Waals surface area (Å²) in [6, 6.07) is 2.48. The smallest absolute Gasteiger partial charge is 0.160 e. The van der Waals surface area contributed by atoms with Crippen LogP contribution in [0.3, 0.4) is 0 Å². The molecule has 4 nitrogen and oxygen atoms in total. The van der Waals surface area contributed by atoms with Crippen LogP contribution in [0.25, 0.3) is 11.2 Å². The summed E-state index contributed by atoms with van der Waals surface area (Å²) in [6.07, 6.45) is 6.59. The zero-order chi connectivity index (χ0) is 12.8. The summed E-state index contributed by atoms with van der Waals surface area (Å²) in [5, 5.41) is 4.09. The minimum absolute atomic E-state index is 0.538. The second kappa shape index (κ2) is 4.46. The largest absolute Gasteiger partial charge is 0.317 e. The van der Waals surface area contributed by atoms with Crippen molar-refractivity contribution in [1.29, 1.82) is 0 Å². The number of nitrogens with zero attached hydrogens (tertiary/aromatic N) is 3. The van der Waals surface area contributed by atoms with Gasteiger partial charge in [-0.1, -0.05) is 11.6 Å². The molecule has 0 aromatic carbocycles. The monoisotopic (exact) mass is 276 g/mol. The quantitative estimate of drug-likeness (QED) is 0.917. The third kappa shape index (κ3) is 2.03. The van der Waals surface area contributed by atoms with Crippen LogP contribution < -0.4 is 5.32 Å². The Morgan fingerprint density at radius 1 is 1.21 bits per heavy atom. The molecule has 2 aromatic rings. The molecule has 2 fully saturated rings. The van der Waals surface area contributed by atoms with Gasteiger partial charge in [-0.15, -0.1) is 0 Å². The average Bonchev–Trinajstić information content (AvgIpc) is 3.21. The van der Waals surface area contributed by atoms with Crippen LogP contribution in [0.1, 0.15) is 43.5 Å². The summed E-state index contributed by atoms with van der Waals surface area (Å²) in [5.74, 6) is 1.87. The van der Waals surface area contributed by atoms with Crippen molar-refractivity contribution in [2.24, 2.45) is 0 Å². The van der Waals surface area contributed by atoms with Crippen LogP contribution in [0.2, 0.25) is 5.02 Å². The van der Waals surface area contributed by atoms with E-state index in [4.69, 9.17) is 16.6 Å². The van der Waals surface area contributed by atoms with Gasteiger partial charge in [0, 0.05) is 18.2 Å². The Kier molecular flexibility index (Phi) is 2.74. The highest BCUT2D eigenvalue weighted by Gasteiger charge is 2.32. The molecule has 5 heteroatoms. The maximum absolute atomic E-state index is 6.04. The number of hydrogen-bond acceptors (Lipinski definition) is 3. The molecule has 1 saturated carbocycles. The van der Waals surface area contributed by atoms with E-state index in [-0.39, 0.29) is 0 Å². The van der Waals surface area contributed by atoms with Gasteiger partial charge in [0.05, 0.1) is 5.02 Å². The fourth-order valence-electron chi connectivity index (χ4n) is 3.03. The zero-order valence-electron chi connectivity index (χ0n) is 10.8. The van der Waals surface area contributed by atoms with E-state index in [0.29, 0.717) is 17.0 Å². The van der Waals surface area contributed by atoms with Gasteiger partial charge < -0.3 is 9.88 Å². The SMILES string of the molecule is Clc1cnc2c(c1)nc(C1CC1)n2C1CCNCC1. The summed E-state index contributed by atoms with van der Waals surface area (Å²) in [7, 11) is 0. The van der Waals surface area contributed by atoms with Crippen molar-refractivity contribution in [3.05, 3.63) is 23.1 Å². The van der Waals surface area contributed by atoms with Gasteiger partial charge in [-0.05, 0) is 44.8 Å².